The molecule has 0 aromatic heterocycles. The molecule has 1 aromatic rings. The SMILES string of the molecule is CC(C)C1CCC(CN)(Cc2ccccc2F)CC1. The Labute approximate surface area is 116 Å². The Morgan fingerprint density at radius 2 is 1.89 bits per heavy atom. The van der Waals surface area contributed by atoms with Crippen LogP contribution in [-0.2, 0) is 6.42 Å². The minimum Gasteiger partial charge on any atom is -0.330 e. The van der Waals surface area contributed by atoms with Crippen molar-refractivity contribution in [3.8, 4) is 0 Å². The van der Waals surface area contributed by atoms with Crippen molar-refractivity contribution in [1.82, 2.24) is 0 Å². The van der Waals surface area contributed by atoms with Gasteiger partial charge in [0.05, 0.1) is 0 Å². The van der Waals surface area contributed by atoms with Gasteiger partial charge in [-0.2, -0.15) is 0 Å². The average molecular weight is 263 g/mol. The highest BCUT2D eigenvalue weighted by Gasteiger charge is 2.35. The normalized spacial score (nSPS) is 27.7. The van der Waals surface area contributed by atoms with Gasteiger partial charge in [-0.1, -0.05) is 32.0 Å². The summed E-state index contributed by atoms with van der Waals surface area (Å²) in [5, 5.41) is 0. The van der Waals surface area contributed by atoms with Gasteiger partial charge in [0.1, 0.15) is 5.82 Å². The second kappa shape index (κ2) is 6.04. The van der Waals surface area contributed by atoms with E-state index in [9.17, 15) is 4.39 Å². The van der Waals surface area contributed by atoms with Crippen LogP contribution in [0.25, 0.3) is 0 Å². The molecular weight excluding hydrogens is 237 g/mol. The van der Waals surface area contributed by atoms with Gasteiger partial charge in [0.25, 0.3) is 0 Å². The molecule has 0 unspecified atom stereocenters. The lowest BCUT2D eigenvalue weighted by atomic mass is 9.65. The maximum Gasteiger partial charge on any atom is 0.126 e. The fourth-order valence-electron chi connectivity index (χ4n) is 3.42. The molecule has 0 radical (unpaired) electrons. The van der Waals surface area contributed by atoms with Crippen LogP contribution in [0.5, 0.6) is 0 Å². The summed E-state index contributed by atoms with van der Waals surface area (Å²) in [6, 6.07) is 7.13. The van der Waals surface area contributed by atoms with E-state index in [0.717, 1.165) is 36.7 Å². The van der Waals surface area contributed by atoms with Crippen LogP contribution < -0.4 is 5.73 Å². The molecule has 0 aliphatic heterocycles. The largest absolute Gasteiger partial charge is 0.330 e. The molecule has 0 atom stereocenters. The lowest BCUT2D eigenvalue weighted by Gasteiger charge is -2.41. The Bertz CT molecular complexity index is 405. The van der Waals surface area contributed by atoms with Crippen molar-refractivity contribution >= 4 is 0 Å². The van der Waals surface area contributed by atoms with E-state index in [4.69, 9.17) is 5.73 Å². The number of halogens is 1. The first-order chi connectivity index (χ1) is 9.06. The fraction of sp³-hybridized carbons (Fsp3) is 0.647. The minimum atomic E-state index is -0.0821. The van der Waals surface area contributed by atoms with Gasteiger partial charge < -0.3 is 5.73 Å². The van der Waals surface area contributed by atoms with E-state index in [1.54, 1.807) is 12.1 Å². The molecule has 19 heavy (non-hydrogen) atoms. The number of nitrogens with two attached hydrogens (primary N) is 1. The quantitative estimate of drug-likeness (QED) is 0.867. The minimum absolute atomic E-state index is 0.0821. The number of rotatable bonds is 4. The Morgan fingerprint density at radius 3 is 2.42 bits per heavy atom. The predicted octanol–water partition coefficient (Wildman–Crippen LogP) is 4.16. The maximum absolute atomic E-state index is 13.8. The molecule has 1 saturated carbocycles. The summed E-state index contributed by atoms with van der Waals surface area (Å²) in [6.07, 6.45) is 5.55. The molecule has 0 bridgehead atoms. The first kappa shape index (κ1) is 14.5. The molecule has 0 spiro atoms. The topological polar surface area (TPSA) is 26.0 Å². The van der Waals surface area contributed by atoms with E-state index >= 15 is 0 Å². The van der Waals surface area contributed by atoms with E-state index in [1.165, 1.54) is 12.8 Å². The second-order valence-corrected chi connectivity index (χ2v) is 6.55. The van der Waals surface area contributed by atoms with Gasteiger partial charge in [0.2, 0.25) is 0 Å². The van der Waals surface area contributed by atoms with Gasteiger partial charge in [-0.25, -0.2) is 4.39 Å². The fourth-order valence-corrected chi connectivity index (χ4v) is 3.42. The lowest BCUT2D eigenvalue weighted by molar-refractivity contribution is 0.131. The summed E-state index contributed by atoms with van der Waals surface area (Å²) in [4.78, 5) is 0. The number of benzene rings is 1. The van der Waals surface area contributed by atoms with Gasteiger partial charge in [-0.15, -0.1) is 0 Å². The highest BCUT2D eigenvalue weighted by molar-refractivity contribution is 5.19. The average Bonchev–Trinajstić information content (AvgIpc) is 2.42. The van der Waals surface area contributed by atoms with E-state index in [1.807, 2.05) is 12.1 Å². The summed E-state index contributed by atoms with van der Waals surface area (Å²) in [7, 11) is 0. The number of hydrogen-bond acceptors (Lipinski definition) is 1. The summed E-state index contributed by atoms with van der Waals surface area (Å²) in [5.41, 5.74) is 6.98. The van der Waals surface area contributed by atoms with Crippen LogP contribution in [0.3, 0.4) is 0 Å². The van der Waals surface area contributed by atoms with Crippen molar-refractivity contribution in [2.45, 2.75) is 46.0 Å². The molecule has 0 heterocycles. The lowest BCUT2D eigenvalue weighted by Crippen LogP contribution is -2.37. The van der Waals surface area contributed by atoms with Gasteiger partial charge >= 0.3 is 0 Å². The smallest absolute Gasteiger partial charge is 0.126 e. The molecule has 1 aliphatic rings. The van der Waals surface area contributed by atoms with E-state index in [0.29, 0.717) is 6.54 Å². The van der Waals surface area contributed by atoms with Crippen LogP contribution in [0.15, 0.2) is 24.3 Å². The van der Waals surface area contributed by atoms with Crippen molar-refractivity contribution in [2.75, 3.05) is 6.54 Å². The van der Waals surface area contributed by atoms with Gasteiger partial charge in [0, 0.05) is 0 Å². The highest BCUT2D eigenvalue weighted by Crippen LogP contribution is 2.43. The molecule has 2 N–H and O–H groups in total. The molecule has 0 amide bonds. The molecular formula is C17H26FN. The Balaban J connectivity index is 2.07. The van der Waals surface area contributed by atoms with Crippen molar-refractivity contribution in [3.63, 3.8) is 0 Å². The molecule has 1 aliphatic carbocycles. The van der Waals surface area contributed by atoms with Gasteiger partial charge in [0.15, 0.2) is 0 Å². The third kappa shape index (κ3) is 3.36. The number of hydrogen-bond donors (Lipinski definition) is 1. The van der Waals surface area contributed by atoms with E-state index < -0.39 is 0 Å². The maximum atomic E-state index is 13.8. The summed E-state index contributed by atoms with van der Waals surface area (Å²) < 4.78 is 13.8. The Hall–Kier alpha value is -0.890. The second-order valence-electron chi connectivity index (χ2n) is 6.55. The summed E-state index contributed by atoms with van der Waals surface area (Å²) >= 11 is 0. The first-order valence-corrected chi connectivity index (χ1v) is 7.50. The van der Waals surface area contributed by atoms with E-state index in [-0.39, 0.29) is 11.2 Å². The molecule has 106 valence electrons. The standard InChI is InChI=1S/C17H26FN/c1-13(2)14-7-9-17(12-19,10-8-14)11-15-5-3-4-6-16(15)18/h3-6,13-14H,7-12,19H2,1-2H3. The van der Waals surface area contributed by atoms with Crippen LogP contribution in [0.2, 0.25) is 0 Å². The highest BCUT2D eigenvalue weighted by atomic mass is 19.1. The predicted molar refractivity (Wildman–Crippen MR) is 78.4 cm³/mol. The Morgan fingerprint density at radius 1 is 1.26 bits per heavy atom. The third-order valence-electron chi connectivity index (χ3n) is 4.99. The van der Waals surface area contributed by atoms with Crippen molar-refractivity contribution in [2.24, 2.45) is 23.0 Å². The molecule has 1 aromatic carbocycles. The molecule has 1 nitrogen and oxygen atoms in total. The zero-order valence-electron chi connectivity index (χ0n) is 12.2. The summed E-state index contributed by atoms with van der Waals surface area (Å²) in [6.45, 7) is 5.28. The summed E-state index contributed by atoms with van der Waals surface area (Å²) in [5.74, 6) is 1.49. The van der Waals surface area contributed by atoms with Crippen molar-refractivity contribution < 1.29 is 4.39 Å². The van der Waals surface area contributed by atoms with E-state index in [2.05, 4.69) is 13.8 Å². The molecule has 1 fully saturated rings. The zero-order valence-corrected chi connectivity index (χ0v) is 12.2. The zero-order chi connectivity index (χ0) is 13.9. The molecule has 0 saturated heterocycles. The van der Waals surface area contributed by atoms with Crippen molar-refractivity contribution in [3.05, 3.63) is 35.6 Å². The molecule has 2 heteroatoms. The van der Waals surface area contributed by atoms with Crippen LogP contribution in [-0.4, -0.2) is 6.54 Å². The van der Waals surface area contributed by atoms with Crippen LogP contribution in [0, 0.1) is 23.1 Å². The van der Waals surface area contributed by atoms with Crippen molar-refractivity contribution in [1.29, 1.82) is 0 Å². The van der Waals surface area contributed by atoms with Gasteiger partial charge in [-0.05, 0) is 67.5 Å². The van der Waals surface area contributed by atoms with Crippen LogP contribution >= 0.6 is 0 Å². The van der Waals surface area contributed by atoms with Crippen LogP contribution in [0.4, 0.5) is 4.39 Å². The first-order valence-electron chi connectivity index (χ1n) is 7.50. The van der Waals surface area contributed by atoms with Gasteiger partial charge in [-0.3, -0.25) is 0 Å². The third-order valence-corrected chi connectivity index (χ3v) is 4.99. The molecule has 2 rings (SSSR count). The Kier molecular flexibility index (Phi) is 4.62. The van der Waals surface area contributed by atoms with Crippen LogP contribution in [0.1, 0.15) is 45.1 Å². The monoisotopic (exact) mass is 263 g/mol.